The molecule has 166 valence electrons. The summed E-state index contributed by atoms with van der Waals surface area (Å²) >= 11 is 0. The number of aliphatic hydroxyl groups excluding tert-OH is 1. The van der Waals surface area contributed by atoms with Gasteiger partial charge in [-0.2, -0.15) is 0 Å². The molecule has 0 aliphatic heterocycles. The first-order valence-corrected chi connectivity index (χ1v) is 9.00. The van der Waals surface area contributed by atoms with Crippen LogP contribution < -0.4 is 27.4 Å². The van der Waals surface area contributed by atoms with Crippen LogP contribution in [0, 0.1) is 0 Å². The zero-order valence-electron chi connectivity index (χ0n) is 15.9. The van der Waals surface area contributed by atoms with Crippen LogP contribution in [-0.2, 0) is 24.0 Å². The summed E-state index contributed by atoms with van der Waals surface area (Å²) in [6.45, 7) is -1.03. The van der Waals surface area contributed by atoms with E-state index in [4.69, 9.17) is 26.8 Å². The van der Waals surface area contributed by atoms with E-state index in [2.05, 4.69) is 10.6 Å². The van der Waals surface area contributed by atoms with Crippen molar-refractivity contribution in [1.29, 1.82) is 0 Å². The summed E-state index contributed by atoms with van der Waals surface area (Å²) < 4.78 is 0. The molecule has 0 radical (unpaired) electrons. The van der Waals surface area contributed by atoms with Crippen LogP contribution in [0.4, 0.5) is 0 Å². The fraction of sp³-hybridized carbons (Fsp3) is 0.688. The van der Waals surface area contributed by atoms with E-state index in [1.54, 1.807) is 0 Å². The number of rotatable bonds is 15. The van der Waals surface area contributed by atoms with E-state index in [1.165, 1.54) is 0 Å². The van der Waals surface area contributed by atoms with E-state index in [1.807, 2.05) is 5.32 Å². The number of amides is 3. The number of carbonyl (C=O) groups is 5. The van der Waals surface area contributed by atoms with Gasteiger partial charge in [0.25, 0.3) is 0 Å². The highest BCUT2D eigenvalue weighted by molar-refractivity contribution is 5.92. The number of nitrogens with two attached hydrogens (primary N) is 2. The number of aliphatic hydroxyl groups is 1. The number of aliphatic carboxylic acids is 2. The minimum absolute atomic E-state index is 0.238. The minimum atomic E-state index is -1.53. The highest BCUT2D eigenvalue weighted by atomic mass is 16.4. The zero-order valence-corrected chi connectivity index (χ0v) is 15.9. The molecular formula is C16H29N5O8. The molecule has 13 heteroatoms. The number of carbonyl (C=O) groups excluding carboxylic acids is 3. The quantitative estimate of drug-likeness (QED) is 0.122. The summed E-state index contributed by atoms with van der Waals surface area (Å²) in [5, 5.41) is 32.9. The highest BCUT2D eigenvalue weighted by Gasteiger charge is 2.25. The van der Waals surface area contributed by atoms with E-state index >= 15 is 0 Å². The van der Waals surface area contributed by atoms with Gasteiger partial charge in [0.1, 0.15) is 12.1 Å². The summed E-state index contributed by atoms with van der Waals surface area (Å²) in [5.41, 5.74) is 11.1. The van der Waals surface area contributed by atoms with Crippen molar-refractivity contribution in [2.75, 3.05) is 19.7 Å². The van der Waals surface area contributed by atoms with E-state index in [0.29, 0.717) is 25.8 Å². The third-order valence-electron chi connectivity index (χ3n) is 3.82. The second-order valence-corrected chi connectivity index (χ2v) is 6.24. The fourth-order valence-corrected chi connectivity index (χ4v) is 2.18. The van der Waals surface area contributed by atoms with Crippen LogP contribution in [0.3, 0.4) is 0 Å². The van der Waals surface area contributed by atoms with Crippen molar-refractivity contribution < 1.29 is 39.3 Å². The maximum absolute atomic E-state index is 12.2. The standard InChI is InChI=1S/C16H29N5O8/c17-6-2-1-3-9(18)14(26)21-10(4-5-13(24)25)15(27)19-7-12(23)20-11(8-22)16(28)29/h9-11,22H,1-8,17-18H2,(H,19,27)(H,20,23)(H,21,26)(H,24,25)(H,28,29). The third-order valence-corrected chi connectivity index (χ3v) is 3.82. The van der Waals surface area contributed by atoms with Crippen molar-refractivity contribution in [2.45, 2.75) is 50.2 Å². The van der Waals surface area contributed by atoms with Gasteiger partial charge in [0.05, 0.1) is 19.2 Å². The number of hydrogen-bond acceptors (Lipinski definition) is 8. The zero-order chi connectivity index (χ0) is 22.4. The van der Waals surface area contributed by atoms with E-state index < -0.39 is 67.4 Å². The third kappa shape index (κ3) is 11.6. The molecule has 0 saturated heterocycles. The van der Waals surface area contributed by atoms with Gasteiger partial charge >= 0.3 is 11.9 Å². The summed E-state index contributed by atoms with van der Waals surface area (Å²) in [4.78, 5) is 57.6. The molecule has 10 N–H and O–H groups in total. The Morgan fingerprint density at radius 2 is 1.55 bits per heavy atom. The van der Waals surface area contributed by atoms with Gasteiger partial charge < -0.3 is 42.7 Å². The molecule has 0 aromatic heterocycles. The Balaban J connectivity index is 4.78. The summed E-state index contributed by atoms with van der Waals surface area (Å²) in [7, 11) is 0. The Morgan fingerprint density at radius 3 is 2.07 bits per heavy atom. The molecule has 29 heavy (non-hydrogen) atoms. The van der Waals surface area contributed by atoms with E-state index in [9.17, 15) is 24.0 Å². The van der Waals surface area contributed by atoms with Gasteiger partial charge in [0.2, 0.25) is 17.7 Å². The average molecular weight is 419 g/mol. The second-order valence-electron chi connectivity index (χ2n) is 6.24. The monoisotopic (exact) mass is 419 g/mol. The van der Waals surface area contributed by atoms with Gasteiger partial charge in [-0.05, 0) is 25.8 Å². The van der Waals surface area contributed by atoms with E-state index in [0.717, 1.165) is 0 Å². The lowest BCUT2D eigenvalue weighted by atomic mass is 10.1. The largest absolute Gasteiger partial charge is 0.481 e. The smallest absolute Gasteiger partial charge is 0.328 e. The predicted molar refractivity (Wildman–Crippen MR) is 99.3 cm³/mol. The summed E-state index contributed by atoms with van der Waals surface area (Å²) in [5.74, 6) is -5.01. The minimum Gasteiger partial charge on any atom is -0.481 e. The topological polar surface area (TPSA) is 234 Å². The van der Waals surface area contributed by atoms with Gasteiger partial charge in [-0.1, -0.05) is 6.42 Å². The van der Waals surface area contributed by atoms with Gasteiger partial charge in [0.15, 0.2) is 0 Å². The molecule has 0 aliphatic rings. The van der Waals surface area contributed by atoms with Crippen molar-refractivity contribution in [1.82, 2.24) is 16.0 Å². The molecule has 0 fully saturated rings. The fourth-order valence-electron chi connectivity index (χ4n) is 2.18. The van der Waals surface area contributed by atoms with Crippen LogP contribution >= 0.6 is 0 Å². The van der Waals surface area contributed by atoms with Crippen molar-refractivity contribution in [3.63, 3.8) is 0 Å². The Morgan fingerprint density at radius 1 is 0.897 bits per heavy atom. The number of carboxylic acids is 2. The molecular weight excluding hydrogens is 390 g/mol. The number of nitrogens with one attached hydrogen (secondary N) is 3. The number of unbranched alkanes of at least 4 members (excludes halogenated alkanes) is 1. The van der Waals surface area contributed by atoms with Crippen molar-refractivity contribution in [3.8, 4) is 0 Å². The Bertz CT molecular complexity index is 586. The normalized spacial score (nSPS) is 13.6. The maximum atomic E-state index is 12.2. The van der Waals surface area contributed by atoms with Gasteiger partial charge in [-0.15, -0.1) is 0 Å². The molecule has 3 amide bonds. The maximum Gasteiger partial charge on any atom is 0.328 e. The molecule has 0 saturated carbocycles. The molecule has 13 nitrogen and oxygen atoms in total. The van der Waals surface area contributed by atoms with Crippen LogP contribution in [-0.4, -0.2) is 82.8 Å². The Labute approximate surface area is 167 Å². The van der Waals surface area contributed by atoms with Crippen LogP contribution in [0.25, 0.3) is 0 Å². The van der Waals surface area contributed by atoms with Crippen molar-refractivity contribution >= 4 is 29.7 Å². The number of hydrogen-bond donors (Lipinski definition) is 8. The molecule has 0 bridgehead atoms. The SMILES string of the molecule is NCCCCC(N)C(=O)NC(CCC(=O)O)C(=O)NCC(=O)NC(CO)C(=O)O. The lowest BCUT2D eigenvalue weighted by Crippen LogP contribution is -2.53. The summed E-state index contributed by atoms with van der Waals surface area (Å²) in [6.07, 6.45) is 0.949. The highest BCUT2D eigenvalue weighted by Crippen LogP contribution is 2.02. The molecule has 0 rings (SSSR count). The van der Waals surface area contributed by atoms with Crippen molar-refractivity contribution in [2.24, 2.45) is 11.5 Å². The first-order valence-electron chi connectivity index (χ1n) is 9.00. The Hall–Kier alpha value is -2.77. The Kier molecular flexibility index (Phi) is 12.9. The molecule has 0 heterocycles. The molecule has 3 unspecified atom stereocenters. The van der Waals surface area contributed by atoms with Crippen LogP contribution in [0.5, 0.6) is 0 Å². The van der Waals surface area contributed by atoms with E-state index in [-0.39, 0.29) is 6.42 Å². The average Bonchev–Trinajstić information content (AvgIpc) is 2.66. The van der Waals surface area contributed by atoms with Crippen LogP contribution in [0.15, 0.2) is 0 Å². The molecule has 0 spiro atoms. The van der Waals surface area contributed by atoms with Gasteiger partial charge in [-0.25, -0.2) is 4.79 Å². The lowest BCUT2D eigenvalue weighted by Gasteiger charge is -2.20. The van der Waals surface area contributed by atoms with Gasteiger partial charge in [-0.3, -0.25) is 19.2 Å². The first-order chi connectivity index (χ1) is 13.6. The first kappa shape index (κ1) is 26.2. The lowest BCUT2D eigenvalue weighted by molar-refractivity contribution is -0.142. The van der Waals surface area contributed by atoms with Crippen molar-refractivity contribution in [3.05, 3.63) is 0 Å². The van der Waals surface area contributed by atoms with Crippen LogP contribution in [0.1, 0.15) is 32.1 Å². The molecule has 0 aromatic carbocycles. The molecule has 0 aromatic rings. The predicted octanol–water partition coefficient (Wildman–Crippen LogP) is -3.53. The summed E-state index contributed by atoms with van der Waals surface area (Å²) in [6, 6.07) is -3.70. The number of carboxylic acid groups (broad SMARTS) is 2. The molecule has 0 aliphatic carbocycles. The van der Waals surface area contributed by atoms with Crippen LogP contribution in [0.2, 0.25) is 0 Å². The van der Waals surface area contributed by atoms with Gasteiger partial charge in [0, 0.05) is 6.42 Å². The molecule has 3 atom stereocenters. The second kappa shape index (κ2) is 14.3.